The number of rotatable bonds is 3. The number of hydrogen-bond acceptors (Lipinski definition) is 5. The average molecular weight is 414 g/mol. The van der Waals surface area contributed by atoms with Crippen molar-refractivity contribution in [3.8, 4) is 11.3 Å². The molecule has 1 aliphatic heterocycles. The van der Waals surface area contributed by atoms with Crippen molar-refractivity contribution in [1.82, 2.24) is 15.0 Å². The predicted molar refractivity (Wildman–Crippen MR) is 116 cm³/mol. The molecule has 0 atom stereocenters. The number of carbonyl (C=O) groups is 1. The van der Waals surface area contributed by atoms with Crippen LogP contribution in [-0.4, -0.2) is 32.6 Å². The molecule has 2 aromatic carbocycles. The van der Waals surface area contributed by atoms with Crippen LogP contribution in [0.1, 0.15) is 29.8 Å². The topological polar surface area (TPSA) is 79.2 Å². The summed E-state index contributed by atoms with van der Waals surface area (Å²) in [7, 11) is 0. The zero-order chi connectivity index (χ0) is 21.8. The fourth-order valence-electron chi connectivity index (χ4n) is 4.14. The van der Waals surface area contributed by atoms with E-state index in [2.05, 4.69) is 23.8 Å². The summed E-state index contributed by atoms with van der Waals surface area (Å²) in [5, 5.41) is 9.30. The first-order valence-corrected chi connectivity index (χ1v) is 9.86. The summed E-state index contributed by atoms with van der Waals surface area (Å²) in [6.07, 6.45) is 1.50. The maximum Gasteiger partial charge on any atom is 0.335 e. The molecule has 0 bridgehead atoms. The monoisotopic (exact) mass is 414 g/mol. The van der Waals surface area contributed by atoms with Crippen LogP contribution in [0.15, 0.2) is 60.9 Å². The maximum atomic E-state index is 13.9. The Balaban J connectivity index is 1.67. The minimum Gasteiger partial charge on any atom is -0.478 e. The number of carboxylic acid groups (broad SMARTS) is 1. The van der Waals surface area contributed by atoms with Gasteiger partial charge in [-0.05, 0) is 48.0 Å². The van der Waals surface area contributed by atoms with E-state index >= 15 is 0 Å². The molecule has 154 valence electrons. The van der Waals surface area contributed by atoms with Gasteiger partial charge < -0.3 is 10.0 Å². The molecule has 0 radical (unpaired) electrons. The standard InChI is InChI=1S/C24H19FN4O2/c1-24(2)12-29(20-9-6-16(25)11-17(20)24)22-21-19(26-13-27-22)8-7-18(28-21)14-4-3-5-15(10-14)23(30)31/h3-11,13H,12H2,1-2H3,(H,30,31). The second-order valence-electron chi connectivity index (χ2n) is 8.28. The van der Waals surface area contributed by atoms with Crippen LogP contribution in [0.5, 0.6) is 0 Å². The fourth-order valence-corrected chi connectivity index (χ4v) is 4.14. The van der Waals surface area contributed by atoms with Crippen LogP contribution in [0.3, 0.4) is 0 Å². The highest BCUT2D eigenvalue weighted by Gasteiger charge is 2.37. The summed E-state index contributed by atoms with van der Waals surface area (Å²) in [6, 6.07) is 15.1. The van der Waals surface area contributed by atoms with Crippen molar-refractivity contribution < 1.29 is 14.3 Å². The van der Waals surface area contributed by atoms with E-state index in [1.54, 1.807) is 30.3 Å². The molecule has 4 aromatic rings. The van der Waals surface area contributed by atoms with Gasteiger partial charge in [-0.3, -0.25) is 0 Å². The largest absolute Gasteiger partial charge is 0.478 e. The molecular formula is C24H19FN4O2. The Bertz CT molecular complexity index is 1350. The van der Waals surface area contributed by atoms with E-state index in [1.165, 1.54) is 12.4 Å². The Morgan fingerprint density at radius 2 is 1.94 bits per heavy atom. The SMILES string of the molecule is CC1(C)CN(c2ncnc3ccc(-c4cccc(C(=O)O)c4)nc23)c2ccc(F)cc21. The molecule has 0 fully saturated rings. The third kappa shape index (κ3) is 3.18. The molecule has 2 aromatic heterocycles. The van der Waals surface area contributed by atoms with Crippen molar-refractivity contribution in [2.45, 2.75) is 19.3 Å². The molecule has 0 unspecified atom stereocenters. The Morgan fingerprint density at radius 1 is 1.10 bits per heavy atom. The van der Waals surface area contributed by atoms with Gasteiger partial charge in [0.15, 0.2) is 5.82 Å². The minimum absolute atomic E-state index is 0.196. The average Bonchev–Trinajstić information content (AvgIpc) is 3.03. The zero-order valence-corrected chi connectivity index (χ0v) is 17.0. The molecule has 0 saturated carbocycles. The number of hydrogen-bond donors (Lipinski definition) is 1. The highest BCUT2D eigenvalue weighted by atomic mass is 19.1. The summed E-state index contributed by atoms with van der Waals surface area (Å²) in [6.45, 7) is 4.77. The molecular weight excluding hydrogens is 395 g/mol. The van der Waals surface area contributed by atoms with Gasteiger partial charge in [-0.1, -0.05) is 26.0 Å². The third-order valence-corrected chi connectivity index (χ3v) is 5.66. The smallest absolute Gasteiger partial charge is 0.335 e. The lowest BCUT2D eigenvalue weighted by atomic mass is 9.87. The number of benzene rings is 2. The molecule has 3 heterocycles. The first kappa shape index (κ1) is 19.1. The van der Waals surface area contributed by atoms with Gasteiger partial charge in [0.2, 0.25) is 0 Å². The first-order valence-electron chi connectivity index (χ1n) is 9.86. The lowest BCUT2D eigenvalue weighted by Gasteiger charge is -2.22. The molecule has 1 N–H and O–H groups in total. The van der Waals surface area contributed by atoms with Crippen molar-refractivity contribution in [2.75, 3.05) is 11.4 Å². The number of halogens is 1. The lowest BCUT2D eigenvalue weighted by molar-refractivity contribution is 0.0697. The summed E-state index contributed by atoms with van der Waals surface area (Å²) < 4.78 is 13.9. The quantitative estimate of drug-likeness (QED) is 0.511. The van der Waals surface area contributed by atoms with Crippen LogP contribution in [0.25, 0.3) is 22.3 Å². The number of anilines is 2. The third-order valence-electron chi connectivity index (χ3n) is 5.66. The molecule has 0 saturated heterocycles. The van der Waals surface area contributed by atoms with Crippen molar-refractivity contribution in [3.63, 3.8) is 0 Å². The summed E-state index contributed by atoms with van der Waals surface area (Å²) >= 11 is 0. The number of nitrogens with zero attached hydrogens (tertiary/aromatic N) is 4. The normalized spacial score (nSPS) is 14.6. The van der Waals surface area contributed by atoms with Gasteiger partial charge >= 0.3 is 5.97 Å². The van der Waals surface area contributed by atoms with E-state index in [0.29, 0.717) is 34.7 Å². The molecule has 31 heavy (non-hydrogen) atoms. The van der Waals surface area contributed by atoms with Crippen molar-refractivity contribution in [3.05, 3.63) is 77.9 Å². The van der Waals surface area contributed by atoms with E-state index in [0.717, 1.165) is 11.3 Å². The van der Waals surface area contributed by atoms with E-state index in [-0.39, 0.29) is 16.8 Å². The van der Waals surface area contributed by atoms with Crippen LogP contribution in [0.2, 0.25) is 0 Å². The number of carboxylic acids is 1. The molecule has 1 aliphatic rings. The fraction of sp³-hybridized carbons (Fsp3) is 0.167. The lowest BCUT2D eigenvalue weighted by Crippen LogP contribution is -2.26. The Morgan fingerprint density at radius 3 is 2.74 bits per heavy atom. The van der Waals surface area contributed by atoms with Gasteiger partial charge in [-0.25, -0.2) is 24.1 Å². The van der Waals surface area contributed by atoms with Crippen molar-refractivity contribution >= 4 is 28.5 Å². The molecule has 5 rings (SSSR count). The highest BCUT2D eigenvalue weighted by Crippen LogP contribution is 2.45. The number of aromatic carboxylic acids is 1. The first-order chi connectivity index (χ1) is 14.8. The summed E-state index contributed by atoms with van der Waals surface area (Å²) in [5.41, 5.74) is 4.36. The van der Waals surface area contributed by atoms with Crippen LogP contribution in [0, 0.1) is 5.82 Å². The van der Waals surface area contributed by atoms with E-state index in [9.17, 15) is 14.3 Å². The molecule has 0 aliphatic carbocycles. The maximum absolute atomic E-state index is 13.9. The second kappa shape index (κ2) is 6.84. The van der Waals surface area contributed by atoms with Gasteiger partial charge in [-0.15, -0.1) is 0 Å². The number of pyridine rings is 1. The number of aromatic nitrogens is 3. The molecule has 6 nitrogen and oxygen atoms in total. The molecule has 0 amide bonds. The van der Waals surface area contributed by atoms with Gasteiger partial charge in [0.05, 0.1) is 16.8 Å². The minimum atomic E-state index is -0.991. The zero-order valence-electron chi connectivity index (χ0n) is 17.0. The van der Waals surface area contributed by atoms with Gasteiger partial charge in [0.25, 0.3) is 0 Å². The Hall–Kier alpha value is -3.87. The molecule has 0 spiro atoms. The predicted octanol–water partition coefficient (Wildman–Crippen LogP) is 4.96. The van der Waals surface area contributed by atoms with Crippen LogP contribution in [-0.2, 0) is 5.41 Å². The Labute approximate surface area is 178 Å². The second-order valence-corrected chi connectivity index (χ2v) is 8.28. The summed E-state index contributed by atoms with van der Waals surface area (Å²) in [5.74, 6) is -0.616. The van der Waals surface area contributed by atoms with Crippen LogP contribution >= 0.6 is 0 Å². The van der Waals surface area contributed by atoms with E-state index in [1.807, 2.05) is 23.1 Å². The number of fused-ring (bicyclic) bond motifs is 2. The van der Waals surface area contributed by atoms with Gasteiger partial charge in [0.1, 0.15) is 17.7 Å². The van der Waals surface area contributed by atoms with Crippen molar-refractivity contribution in [1.29, 1.82) is 0 Å². The van der Waals surface area contributed by atoms with Gasteiger partial charge in [0, 0.05) is 23.2 Å². The van der Waals surface area contributed by atoms with E-state index < -0.39 is 5.97 Å². The molecule has 7 heteroatoms. The van der Waals surface area contributed by atoms with Crippen LogP contribution in [0.4, 0.5) is 15.9 Å². The highest BCUT2D eigenvalue weighted by molar-refractivity contribution is 5.92. The van der Waals surface area contributed by atoms with Gasteiger partial charge in [-0.2, -0.15) is 0 Å². The summed E-state index contributed by atoms with van der Waals surface area (Å²) in [4.78, 5) is 27.1. The van der Waals surface area contributed by atoms with E-state index in [4.69, 9.17) is 4.98 Å². The van der Waals surface area contributed by atoms with Crippen molar-refractivity contribution in [2.24, 2.45) is 0 Å². The Kier molecular flexibility index (Phi) is 4.22. The van der Waals surface area contributed by atoms with Crippen LogP contribution < -0.4 is 4.90 Å².